The van der Waals surface area contributed by atoms with Crippen LogP contribution < -0.4 is 0 Å². The summed E-state index contributed by atoms with van der Waals surface area (Å²) in [7, 11) is -3.29. The first-order chi connectivity index (χ1) is 8.64. The summed E-state index contributed by atoms with van der Waals surface area (Å²) in [5.41, 5.74) is 0. The molecule has 1 aliphatic rings. The second kappa shape index (κ2) is 6.08. The molecule has 0 bridgehead atoms. The lowest BCUT2D eigenvalue weighted by Crippen LogP contribution is -2.31. The fraction of sp³-hybridized carbons (Fsp3) is 0.538. The third-order valence-corrected chi connectivity index (χ3v) is 5.92. The Morgan fingerprint density at radius 2 is 1.56 bits per heavy atom. The van der Waals surface area contributed by atoms with Gasteiger partial charge in [-0.3, -0.25) is 0 Å². The molecule has 18 heavy (non-hydrogen) atoms. The number of rotatable bonds is 3. The van der Waals surface area contributed by atoms with E-state index < -0.39 is 10.0 Å². The molecule has 100 valence electrons. The second-order valence-corrected chi connectivity index (χ2v) is 7.31. The number of hydrogen-bond donors (Lipinski definition) is 0. The van der Waals surface area contributed by atoms with Crippen molar-refractivity contribution in [3.05, 3.63) is 24.3 Å². The standard InChI is InChI=1S/C13H19NO2S2/c1-17-12-6-8-13(9-7-12)18(15,16)14-10-4-2-3-5-11-14/h6-9H,2-5,10-11H2,1H3. The van der Waals surface area contributed by atoms with Crippen LogP contribution in [-0.4, -0.2) is 32.1 Å². The van der Waals surface area contributed by atoms with Gasteiger partial charge < -0.3 is 0 Å². The van der Waals surface area contributed by atoms with Gasteiger partial charge in [0.05, 0.1) is 4.90 Å². The lowest BCUT2D eigenvalue weighted by atomic mass is 10.2. The van der Waals surface area contributed by atoms with E-state index >= 15 is 0 Å². The van der Waals surface area contributed by atoms with Crippen LogP contribution in [0.25, 0.3) is 0 Å². The molecule has 0 N–H and O–H groups in total. The van der Waals surface area contributed by atoms with Gasteiger partial charge in [-0.05, 0) is 43.4 Å². The number of thioether (sulfide) groups is 1. The van der Waals surface area contributed by atoms with Gasteiger partial charge in [-0.15, -0.1) is 11.8 Å². The molecule has 0 aromatic heterocycles. The van der Waals surface area contributed by atoms with Crippen LogP contribution in [0.3, 0.4) is 0 Å². The molecule has 0 spiro atoms. The van der Waals surface area contributed by atoms with Gasteiger partial charge in [-0.1, -0.05) is 12.8 Å². The summed E-state index contributed by atoms with van der Waals surface area (Å²) >= 11 is 1.62. The van der Waals surface area contributed by atoms with Crippen molar-refractivity contribution in [1.82, 2.24) is 4.31 Å². The summed E-state index contributed by atoms with van der Waals surface area (Å²) < 4.78 is 26.6. The molecule has 0 unspecified atom stereocenters. The maximum absolute atomic E-state index is 12.5. The van der Waals surface area contributed by atoms with Crippen LogP contribution in [-0.2, 0) is 10.0 Å². The average Bonchev–Trinajstić information content (AvgIpc) is 2.68. The first-order valence-corrected chi connectivity index (χ1v) is 8.95. The zero-order valence-electron chi connectivity index (χ0n) is 10.6. The normalized spacial score (nSPS) is 18.5. The summed E-state index contributed by atoms with van der Waals surface area (Å²) in [4.78, 5) is 1.51. The first kappa shape index (κ1) is 13.9. The van der Waals surface area contributed by atoms with E-state index in [9.17, 15) is 8.42 Å². The molecule has 0 radical (unpaired) electrons. The predicted molar refractivity (Wildman–Crippen MR) is 75.4 cm³/mol. The van der Waals surface area contributed by atoms with Crippen molar-refractivity contribution in [3.63, 3.8) is 0 Å². The van der Waals surface area contributed by atoms with Crippen molar-refractivity contribution in [1.29, 1.82) is 0 Å². The fourth-order valence-corrected chi connectivity index (χ4v) is 4.10. The Morgan fingerprint density at radius 1 is 1.00 bits per heavy atom. The van der Waals surface area contributed by atoms with Gasteiger partial charge in [0, 0.05) is 18.0 Å². The van der Waals surface area contributed by atoms with Crippen LogP contribution in [0, 0.1) is 0 Å². The minimum Gasteiger partial charge on any atom is -0.207 e. The molecule has 0 aliphatic carbocycles. The third kappa shape index (κ3) is 3.08. The van der Waals surface area contributed by atoms with Crippen molar-refractivity contribution in [2.24, 2.45) is 0 Å². The first-order valence-electron chi connectivity index (χ1n) is 6.29. The van der Waals surface area contributed by atoms with E-state index in [2.05, 4.69) is 0 Å². The summed E-state index contributed by atoms with van der Waals surface area (Å²) in [6.45, 7) is 1.32. The minimum atomic E-state index is -3.29. The topological polar surface area (TPSA) is 37.4 Å². The Bertz CT molecular complexity index is 474. The molecule has 3 nitrogen and oxygen atoms in total. The highest BCUT2D eigenvalue weighted by atomic mass is 32.2. The molecule has 2 rings (SSSR count). The van der Waals surface area contributed by atoms with Crippen molar-refractivity contribution >= 4 is 21.8 Å². The quantitative estimate of drug-likeness (QED) is 0.801. The summed E-state index contributed by atoms with van der Waals surface area (Å²) in [5.74, 6) is 0. The van der Waals surface area contributed by atoms with Crippen molar-refractivity contribution in [2.75, 3.05) is 19.3 Å². The maximum Gasteiger partial charge on any atom is 0.243 e. The van der Waals surface area contributed by atoms with Gasteiger partial charge >= 0.3 is 0 Å². The Hall–Kier alpha value is -0.520. The molecular weight excluding hydrogens is 266 g/mol. The smallest absolute Gasteiger partial charge is 0.207 e. The molecule has 1 aromatic rings. The maximum atomic E-state index is 12.5. The van der Waals surface area contributed by atoms with Crippen molar-refractivity contribution in [3.8, 4) is 0 Å². The Kier molecular flexibility index (Phi) is 4.70. The lowest BCUT2D eigenvalue weighted by Gasteiger charge is -2.19. The van der Waals surface area contributed by atoms with Gasteiger partial charge in [-0.2, -0.15) is 4.31 Å². The van der Waals surface area contributed by atoms with Crippen LogP contribution in [0.1, 0.15) is 25.7 Å². The molecule has 0 amide bonds. The third-order valence-electron chi connectivity index (χ3n) is 3.26. The van der Waals surface area contributed by atoms with Crippen molar-refractivity contribution in [2.45, 2.75) is 35.5 Å². The number of hydrogen-bond acceptors (Lipinski definition) is 3. The Balaban J connectivity index is 2.22. The molecule has 0 atom stereocenters. The van der Waals surface area contributed by atoms with E-state index in [1.807, 2.05) is 18.4 Å². The molecule has 0 saturated carbocycles. The van der Waals surface area contributed by atoms with E-state index in [0.717, 1.165) is 30.6 Å². The Labute approximate surface area is 114 Å². The van der Waals surface area contributed by atoms with E-state index in [-0.39, 0.29) is 0 Å². The summed E-state index contributed by atoms with van der Waals surface area (Å²) in [5, 5.41) is 0. The highest BCUT2D eigenvalue weighted by Gasteiger charge is 2.24. The van der Waals surface area contributed by atoms with E-state index in [1.54, 1.807) is 28.2 Å². The van der Waals surface area contributed by atoms with Gasteiger partial charge in [0.2, 0.25) is 10.0 Å². The molecule has 1 aromatic carbocycles. The number of sulfonamides is 1. The van der Waals surface area contributed by atoms with Crippen LogP contribution >= 0.6 is 11.8 Å². The van der Waals surface area contributed by atoms with Crippen LogP contribution in [0.4, 0.5) is 0 Å². The largest absolute Gasteiger partial charge is 0.243 e. The molecule has 1 saturated heterocycles. The lowest BCUT2D eigenvalue weighted by molar-refractivity contribution is 0.423. The van der Waals surface area contributed by atoms with Crippen LogP contribution in [0.2, 0.25) is 0 Å². The number of nitrogens with zero attached hydrogens (tertiary/aromatic N) is 1. The predicted octanol–water partition coefficient (Wildman–Crippen LogP) is 2.97. The monoisotopic (exact) mass is 285 g/mol. The zero-order chi connectivity index (χ0) is 13.0. The molecule has 5 heteroatoms. The van der Waals surface area contributed by atoms with E-state index in [0.29, 0.717) is 18.0 Å². The highest BCUT2D eigenvalue weighted by Crippen LogP contribution is 2.22. The van der Waals surface area contributed by atoms with E-state index in [4.69, 9.17) is 0 Å². The molecule has 1 aliphatic heterocycles. The zero-order valence-corrected chi connectivity index (χ0v) is 12.3. The fourth-order valence-electron chi connectivity index (χ4n) is 2.18. The minimum absolute atomic E-state index is 0.419. The second-order valence-electron chi connectivity index (χ2n) is 4.49. The molecule has 1 heterocycles. The Morgan fingerprint density at radius 3 is 2.06 bits per heavy atom. The van der Waals surface area contributed by atoms with Crippen molar-refractivity contribution < 1.29 is 8.42 Å². The van der Waals surface area contributed by atoms with Gasteiger partial charge in [0.15, 0.2) is 0 Å². The number of benzene rings is 1. The highest BCUT2D eigenvalue weighted by molar-refractivity contribution is 7.98. The van der Waals surface area contributed by atoms with Gasteiger partial charge in [-0.25, -0.2) is 8.42 Å². The molecular formula is C13H19NO2S2. The van der Waals surface area contributed by atoms with Gasteiger partial charge in [0.1, 0.15) is 0 Å². The molecule has 1 fully saturated rings. The summed E-state index contributed by atoms with van der Waals surface area (Å²) in [6.07, 6.45) is 6.21. The van der Waals surface area contributed by atoms with Gasteiger partial charge in [0.25, 0.3) is 0 Å². The average molecular weight is 285 g/mol. The summed E-state index contributed by atoms with van der Waals surface area (Å²) in [6, 6.07) is 7.17. The SMILES string of the molecule is CSc1ccc(S(=O)(=O)N2CCCCCC2)cc1. The van der Waals surface area contributed by atoms with Crippen LogP contribution in [0.15, 0.2) is 34.1 Å². The van der Waals surface area contributed by atoms with E-state index in [1.165, 1.54) is 0 Å². The van der Waals surface area contributed by atoms with Crippen LogP contribution in [0.5, 0.6) is 0 Å².